The van der Waals surface area contributed by atoms with Crippen molar-refractivity contribution >= 4 is 11.8 Å². The molecule has 2 N–H and O–H groups in total. The Bertz CT molecular complexity index is 291. The monoisotopic (exact) mass is 241 g/mol. The molecule has 2 unspecified atom stereocenters. The Morgan fingerprint density at radius 2 is 2.06 bits per heavy atom. The fourth-order valence-corrected chi connectivity index (χ4v) is 2.08. The summed E-state index contributed by atoms with van der Waals surface area (Å²) in [5.41, 5.74) is 0. The van der Waals surface area contributed by atoms with Crippen LogP contribution in [0, 0.1) is 11.8 Å². The minimum absolute atomic E-state index is 0.00634. The van der Waals surface area contributed by atoms with E-state index >= 15 is 0 Å². The zero-order chi connectivity index (χ0) is 13.0. The van der Waals surface area contributed by atoms with Gasteiger partial charge in [0, 0.05) is 19.6 Å². The van der Waals surface area contributed by atoms with Gasteiger partial charge in [0.25, 0.3) is 0 Å². The van der Waals surface area contributed by atoms with E-state index in [-0.39, 0.29) is 30.3 Å². The third-order valence-electron chi connectivity index (χ3n) is 3.04. The predicted molar refractivity (Wildman–Crippen MR) is 66.4 cm³/mol. The summed E-state index contributed by atoms with van der Waals surface area (Å²) in [6, 6.07) is 0.109. The first-order valence-corrected chi connectivity index (χ1v) is 6.17. The van der Waals surface area contributed by atoms with Crippen molar-refractivity contribution in [3.8, 4) is 0 Å². The highest BCUT2D eigenvalue weighted by Crippen LogP contribution is 2.17. The molecule has 0 aromatic heterocycles. The molecule has 0 aromatic rings. The van der Waals surface area contributed by atoms with E-state index in [9.17, 15) is 9.59 Å². The van der Waals surface area contributed by atoms with Crippen LogP contribution in [-0.2, 0) is 9.59 Å². The van der Waals surface area contributed by atoms with Gasteiger partial charge in [0.1, 0.15) is 0 Å². The van der Waals surface area contributed by atoms with Crippen LogP contribution in [-0.4, -0.2) is 49.4 Å². The Morgan fingerprint density at radius 3 is 2.53 bits per heavy atom. The van der Waals surface area contributed by atoms with Gasteiger partial charge in [0.15, 0.2) is 0 Å². The smallest absolute Gasteiger partial charge is 0.239 e. The second-order valence-electron chi connectivity index (χ2n) is 5.16. The minimum Gasteiger partial charge on any atom is -0.352 e. The Hall–Kier alpha value is -1.10. The molecule has 0 aliphatic carbocycles. The summed E-state index contributed by atoms with van der Waals surface area (Å²) < 4.78 is 0. The lowest BCUT2D eigenvalue weighted by molar-refractivity contribution is -0.138. The molecule has 0 saturated carbocycles. The summed E-state index contributed by atoms with van der Waals surface area (Å²) in [7, 11) is 1.69. The number of rotatable bonds is 4. The van der Waals surface area contributed by atoms with Gasteiger partial charge in [-0.1, -0.05) is 6.92 Å². The normalized spacial score (nSPS) is 23.8. The maximum absolute atomic E-state index is 12.1. The van der Waals surface area contributed by atoms with Crippen LogP contribution >= 0.6 is 0 Å². The highest BCUT2D eigenvalue weighted by Gasteiger charge is 2.31. The Morgan fingerprint density at radius 1 is 1.41 bits per heavy atom. The van der Waals surface area contributed by atoms with Gasteiger partial charge < -0.3 is 15.5 Å². The molecule has 1 heterocycles. The molecule has 0 spiro atoms. The highest BCUT2D eigenvalue weighted by molar-refractivity contribution is 5.86. The molecule has 0 bridgehead atoms. The molecule has 1 aliphatic heterocycles. The molecule has 2 amide bonds. The van der Waals surface area contributed by atoms with Gasteiger partial charge in [-0.25, -0.2) is 0 Å². The van der Waals surface area contributed by atoms with Crippen LogP contribution in [0.25, 0.3) is 0 Å². The number of carbonyl (C=O) groups is 2. The topological polar surface area (TPSA) is 61.4 Å². The molecule has 5 heteroatoms. The molecular weight excluding hydrogens is 218 g/mol. The maximum Gasteiger partial charge on any atom is 0.239 e. The van der Waals surface area contributed by atoms with Crippen LogP contribution in [0.3, 0.4) is 0 Å². The minimum atomic E-state index is -0.102. The van der Waals surface area contributed by atoms with Gasteiger partial charge in [0.05, 0.1) is 12.5 Å². The van der Waals surface area contributed by atoms with Crippen molar-refractivity contribution < 1.29 is 9.59 Å². The summed E-state index contributed by atoms with van der Waals surface area (Å²) in [5, 5.41) is 5.98. The van der Waals surface area contributed by atoms with Gasteiger partial charge in [-0.05, 0) is 26.3 Å². The average molecular weight is 241 g/mol. The van der Waals surface area contributed by atoms with Gasteiger partial charge in [0.2, 0.25) is 11.8 Å². The van der Waals surface area contributed by atoms with Crippen molar-refractivity contribution in [3.63, 3.8) is 0 Å². The number of carbonyl (C=O) groups excluding carboxylic acids is 2. The van der Waals surface area contributed by atoms with Crippen molar-refractivity contribution in [2.24, 2.45) is 11.8 Å². The first kappa shape index (κ1) is 14.0. The van der Waals surface area contributed by atoms with E-state index < -0.39 is 0 Å². The molecule has 0 aromatic carbocycles. The Balaban J connectivity index is 2.44. The summed E-state index contributed by atoms with van der Waals surface area (Å²) in [4.78, 5) is 25.1. The zero-order valence-corrected chi connectivity index (χ0v) is 11.1. The van der Waals surface area contributed by atoms with Crippen molar-refractivity contribution in [2.75, 3.05) is 26.7 Å². The van der Waals surface area contributed by atoms with E-state index in [1.807, 2.05) is 13.8 Å². The molecule has 1 rings (SSSR count). The van der Waals surface area contributed by atoms with Gasteiger partial charge >= 0.3 is 0 Å². The summed E-state index contributed by atoms with van der Waals surface area (Å²) >= 11 is 0. The van der Waals surface area contributed by atoms with Crippen LogP contribution in [0.15, 0.2) is 0 Å². The number of nitrogens with zero attached hydrogens (tertiary/aromatic N) is 1. The van der Waals surface area contributed by atoms with Gasteiger partial charge in [-0.3, -0.25) is 9.59 Å². The van der Waals surface area contributed by atoms with E-state index in [0.29, 0.717) is 5.92 Å². The second-order valence-corrected chi connectivity index (χ2v) is 5.16. The van der Waals surface area contributed by atoms with Crippen molar-refractivity contribution in [1.82, 2.24) is 15.5 Å². The van der Waals surface area contributed by atoms with Crippen LogP contribution < -0.4 is 10.6 Å². The number of hydrogen-bond acceptors (Lipinski definition) is 3. The fraction of sp³-hybridized carbons (Fsp3) is 0.833. The van der Waals surface area contributed by atoms with E-state index in [4.69, 9.17) is 0 Å². The SMILES string of the molecule is CC(C)NC(=O)CN(C)C(=O)C1CNCC1C. The second kappa shape index (κ2) is 6.00. The lowest BCUT2D eigenvalue weighted by atomic mass is 9.97. The lowest BCUT2D eigenvalue weighted by Gasteiger charge is -2.22. The summed E-state index contributed by atoms with van der Waals surface area (Å²) in [5.74, 6) is 0.306. The molecule has 1 aliphatic rings. The molecule has 1 saturated heterocycles. The number of nitrogens with one attached hydrogen (secondary N) is 2. The quantitative estimate of drug-likeness (QED) is 0.718. The van der Waals surface area contributed by atoms with E-state index in [1.54, 1.807) is 7.05 Å². The largest absolute Gasteiger partial charge is 0.352 e. The summed E-state index contributed by atoms with van der Waals surface area (Å²) in [6.07, 6.45) is 0. The molecule has 2 atom stereocenters. The number of amides is 2. The maximum atomic E-state index is 12.1. The molecule has 17 heavy (non-hydrogen) atoms. The van der Waals surface area contributed by atoms with E-state index in [0.717, 1.165) is 13.1 Å². The van der Waals surface area contributed by atoms with Crippen LogP contribution in [0.5, 0.6) is 0 Å². The van der Waals surface area contributed by atoms with E-state index in [1.165, 1.54) is 4.90 Å². The van der Waals surface area contributed by atoms with Crippen LogP contribution in [0.1, 0.15) is 20.8 Å². The fourth-order valence-electron chi connectivity index (χ4n) is 2.08. The molecule has 98 valence electrons. The molecule has 1 fully saturated rings. The first-order chi connectivity index (χ1) is 7.91. The third-order valence-corrected chi connectivity index (χ3v) is 3.04. The Labute approximate surface area is 103 Å². The van der Waals surface area contributed by atoms with Crippen molar-refractivity contribution in [1.29, 1.82) is 0 Å². The number of likely N-dealkylation sites (N-methyl/N-ethyl adjacent to an activating group) is 1. The van der Waals surface area contributed by atoms with Crippen molar-refractivity contribution in [2.45, 2.75) is 26.8 Å². The highest BCUT2D eigenvalue weighted by atomic mass is 16.2. The van der Waals surface area contributed by atoms with Crippen molar-refractivity contribution in [3.05, 3.63) is 0 Å². The Kier molecular flexibility index (Phi) is 4.93. The average Bonchev–Trinajstić information content (AvgIpc) is 2.61. The predicted octanol–water partition coefficient (Wildman–Crippen LogP) is -0.175. The number of hydrogen-bond donors (Lipinski definition) is 2. The zero-order valence-electron chi connectivity index (χ0n) is 11.1. The molecule has 0 radical (unpaired) electrons. The molecular formula is C12H23N3O2. The molecule has 5 nitrogen and oxygen atoms in total. The standard InChI is InChI=1S/C12H23N3O2/c1-8(2)14-11(16)7-15(4)12(17)10-6-13-5-9(10)3/h8-10,13H,5-7H2,1-4H3,(H,14,16). The van der Waals surface area contributed by atoms with E-state index in [2.05, 4.69) is 17.6 Å². The third kappa shape index (κ3) is 4.00. The van der Waals surface area contributed by atoms with Gasteiger partial charge in [-0.15, -0.1) is 0 Å². The van der Waals surface area contributed by atoms with Crippen LogP contribution in [0.4, 0.5) is 0 Å². The lowest BCUT2D eigenvalue weighted by Crippen LogP contribution is -2.44. The van der Waals surface area contributed by atoms with Gasteiger partial charge in [-0.2, -0.15) is 0 Å². The summed E-state index contributed by atoms with van der Waals surface area (Å²) in [6.45, 7) is 7.61. The van der Waals surface area contributed by atoms with Crippen LogP contribution in [0.2, 0.25) is 0 Å². The first-order valence-electron chi connectivity index (χ1n) is 6.17.